The molecule has 2 aliphatic rings. The second-order valence-electron chi connectivity index (χ2n) is 16.8. The number of hydrogen-bond donors (Lipinski definition) is 0. The third kappa shape index (κ3) is 5.64. The van der Waals surface area contributed by atoms with Crippen molar-refractivity contribution in [2.24, 2.45) is 17.8 Å². The van der Waals surface area contributed by atoms with Crippen LogP contribution in [0.3, 0.4) is 0 Å². The average Bonchev–Trinajstić information content (AvgIpc) is 3.82. The Kier molecular flexibility index (Phi) is 7.69. The maximum absolute atomic E-state index is 9.62. The fourth-order valence-corrected chi connectivity index (χ4v) is 10.6. The maximum atomic E-state index is 9.62. The Balaban J connectivity index is 1.18. The summed E-state index contributed by atoms with van der Waals surface area (Å²) in [6.07, 6.45) is 6.14. The number of para-hydroxylation sites is 4. The lowest BCUT2D eigenvalue weighted by molar-refractivity contribution is 0.0781. The molecule has 6 aromatic carbocycles. The van der Waals surface area contributed by atoms with Crippen LogP contribution in [0.15, 0.2) is 136 Å². The SMILES string of the molecule is C[C@@H]1CC2C[C@H](C)CC(c3cc(-c4ccc(C#N)cc4)cc(-c4nc(-c5cccc6c5oc5ccccc56)nc(-c5cccc6c5oc5ccccc56)n4)c3)(C2)C1. The molecule has 0 N–H and O–H groups in total. The van der Waals surface area contributed by atoms with Gasteiger partial charge in [-0.25, -0.2) is 15.0 Å². The average molecular weight is 741 g/mol. The number of aromatic nitrogens is 3. The molecule has 57 heavy (non-hydrogen) atoms. The van der Waals surface area contributed by atoms with E-state index < -0.39 is 0 Å². The fraction of sp³-hybridized carbons (Fsp3) is 0.216. The molecule has 4 atom stereocenters. The molecule has 0 saturated heterocycles. The summed E-state index contributed by atoms with van der Waals surface area (Å²) in [6, 6.07) is 45.9. The van der Waals surface area contributed by atoms with Crippen LogP contribution in [0.25, 0.3) is 89.2 Å². The summed E-state index contributed by atoms with van der Waals surface area (Å²) < 4.78 is 13.1. The first-order valence-electron chi connectivity index (χ1n) is 20.2. The van der Waals surface area contributed by atoms with Gasteiger partial charge < -0.3 is 8.83 Å². The molecule has 3 heterocycles. The summed E-state index contributed by atoms with van der Waals surface area (Å²) in [5, 5.41) is 13.8. The number of benzene rings is 6. The number of furan rings is 2. The highest BCUT2D eigenvalue weighted by Gasteiger charge is 2.45. The molecular formula is C51H40N4O2. The summed E-state index contributed by atoms with van der Waals surface area (Å²) >= 11 is 0. The van der Waals surface area contributed by atoms with Gasteiger partial charge in [-0.1, -0.05) is 92.7 Å². The molecule has 0 spiro atoms. The van der Waals surface area contributed by atoms with E-state index in [1.165, 1.54) is 37.7 Å². The van der Waals surface area contributed by atoms with Crippen LogP contribution in [0.1, 0.15) is 57.1 Å². The normalized spacial score (nSPS) is 20.7. The Hall–Kier alpha value is -6.58. The molecule has 2 bridgehead atoms. The lowest BCUT2D eigenvalue weighted by Gasteiger charge is -2.50. The lowest BCUT2D eigenvalue weighted by atomic mass is 9.54. The van der Waals surface area contributed by atoms with Gasteiger partial charge in [-0.05, 0) is 120 Å². The third-order valence-electron chi connectivity index (χ3n) is 12.7. The topological polar surface area (TPSA) is 88.7 Å². The van der Waals surface area contributed by atoms with E-state index in [1.807, 2.05) is 60.7 Å². The van der Waals surface area contributed by atoms with Gasteiger partial charge in [0.1, 0.15) is 22.3 Å². The van der Waals surface area contributed by atoms with E-state index in [2.05, 4.69) is 86.6 Å². The lowest BCUT2D eigenvalue weighted by Crippen LogP contribution is -2.42. The summed E-state index contributed by atoms with van der Waals surface area (Å²) in [7, 11) is 0. The van der Waals surface area contributed by atoms with Crippen LogP contribution >= 0.6 is 0 Å². The van der Waals surface area contributed by atoms with E-state index in [4.69, 9.17) is 23.8 Å². The highest BCUT2D eigenvalue weighted by atomic mass is 16.3. The van der Waals surface area contributed by atoms with Gasteiger partial charge >= 0.3 is 0 Å². The molecule has 0 amide bonds. The molecule has 0 radical (unpaired) electrons. The highest BCUT2D eigenvalue weighted by molar-refractivity contribution is 6.10. The Morgan fingerprint density at radius 2 is 1.07 bits per heavy atom. The third-order valence-corrected chi connectivity index (χ3v) is 12.7. The fourth-order valence-electron chi connectivity index (χ4n) is 10.6. The van der Waals surface area contributed by atoms with E-state index >= 15 is 0 Å². The van der Waals surface area contributed by atoms with Gasteiger partial charge in [-0.15, -0.1) is 0 Å². The number of fused-ring (bicyclic) bond motifs is 8. The zero-order valence-corrected chi connectivity index (χ0v) is 32.0. The van der Waals surface area contributed by atoms with Crippen LogP contribution in [0.2, 0.25) is 0 Å². The minimum Gasteiger partial charge on any atom is -0.455 e. The highest BCUT2D eigenvalue weighted by Crippen LogP contribution is 2.55. The van der Waals surface area contributed by atoms with E-state index in [9.17, 15) is 5.26 Å². The molecule has 3 aromatic heterocycles. The first kappa shape index (κ1) is 33.7. The van der Waals surface area contributed by atoms with Gasteiger partial charge in [-0.2, -0.15) is 5.26 Å². The molecule has 276 valence electrons. The molecule has 2 saturated carbocycles. The van der Waals surface area contributed by atoms with Crippen molar-refractivity contribution in [3.05, 3.63) is 139 Å². The van der Waals surface area contributed by atoms with E-state index in [1.54, 1.807) is 0 Å². The van der Waals surface area contributed by atoms with E-state index in [-0.39, 0.29) is 5.41 Å². The standard InChI is InChI=1S/C51H40N4O2/c1-30-21-33-22-31(2)27-51(26-30,28-33)37-24-35(34-19-17-32(29-52)18-20-34)23-36(25-37)48-53-49(42-13-7-11-40-38-9-3-5-15-44(38)56-46(40)42)55-50(54-48)43-14-8-12-41-39-10-4-6-16-45(39)57-47(41)43/h3-20,23-25,30-31,33H,21-22,26-28H2,1-2H3/t30-,31+,33?,51?. The quantitative estimate of drug-likeness (QED) is 0.175. The minimum absolute atomic E-state index is 0.0653. The Labute approximate surface area is 330 Å². The molecule has 2 aliphatic carbocycles. The molecule has 6 heteroatoms. The molecular weight excluding hydrogens is 701 g/mol. The van der Waals surface area contributed by atoms with Crippen molar-refractivity contribution < 1.29 is 8.83 Å². The van der Waals surface area contributed by atoms with Gasteiger partial charge in [0.25, 0.3) is 0 Å². The number of hydrogen-bond acceptors (Lipinski definition) is 6. The number of rotatable bonds is 5. The zero-order valence-electron chi connectivity index (χ0n) is 32.0. The molecule has 6 nitrogen and oxygen atoms in total. The van der Waals surface area contributed by atoms with Gasteiger partial charge in [-0.3, -0.25) is 0 Å². The molecule has 11 rings (SSSR count). The largest absolute Gasteiger partial charge is 0.455 e. The van der Waals surface area contributed by atoms with Gasteiger partial charge in [0.15, 0.2) is 17.5 Å². The molecule has 0 aliphatic heterocycles. The molecule has 2 fully saturated rings. The van der Waals surface area contributed by atoms with Gasteiger partial charge in [0.05, 0.1) is 22.8 Å². The van der Waals surface area contributed by atoms with Crippen LogP contribution < -0.4 is 0 Å². The van der Waals surface area contributed by atoms with Crippen LogP contribution in [0.5, 0.6) is 0 Å². The summed E-state index contributed by atoms with van der Waals surface area (Å²) in [4.78, 5) is 15.9. The second kappa shape index (κ2) is 13.0. The van der Waals surface area contributed by atoms with Crippen LogP contribution in [0, 0.1) is 29.1 Å². The van der Waals surface area contributed by atoms with Crippen molar-refractivity contribution in [2.75, 3.05) is 0 Å². The Bertz CT molecular complexity index is 2920. The van der Waals surface area contributed by atoms with Crippen molar-refractivity contribution in [3.63, 3.8) is 0 Å². The predicted molar refractivity (Wildman–Crippen MR) is 227 cm³/mol. The predicted octanol–water partition coefficient (Wildman–Crippen LogP) is 13.3. The van der Waals surface area contributed by atoms with Crippen molar-refractivity contribution >= 4 is 43.9 Å². The summed E-state index contributed by atoms with van der Waals surface area (Å²) in [5.41, 5.74) is 9.89. The Morgan fingerprint density at radius 1 is 0.544 bits per heavy atom. The van der Waals surface area contributed by atoms with Crippen LogP contribution in [0.4, 0.5) is 0 Å². The zero-order chi connectivity index (χ0) is 38.3. The summed E-state index contributed by atoms with van der Waals surface area (Å²) in [6.45, 7) is 4.87. The smallest absolute Gasteiger partial charge is 0.167 e. The summed E-state index contributed by atoms with van der Waals surface area (Å²) in [5.74, 6) is 3.70. The van der Waals surface area contributed by atoms with E-state index in [0.29, 0.717) is 34.9 Å². The second-order valence-corrected chi connectivity index (χ2v) is 16.8. The van der Waals surface area contributed by atoms with Gasteiger partial charge in [0.2, 0.25) is 0 Å². The van der Waals surface area contributed by atoms with Gasteiger partial charge in [0, 0.05) is 27.1 Å². The van der Waals surface area contributed by atoms with Crippen molar-refractivity contribution in [2.45, 2.75) is 51.4 Å². The van der Waals surface area contributed by atoms with Crippen molar-refractivity contribution in [3.8, 4) is 51.4 Å². The van der Waals surface area contributed by atoms with E-state index in [0.717, 1.165) is 77.6 Å². The number of nitriles is 1. The monoisotopic (exact) mass is 740 g/mol. The molecule has 2 unspecified atom stereocenters. The number of nitrogens with zero attached hydrogens (tertiary/aromatic N) is 4. The van der Waals surface area contributed by atoms with Crippen molar-refractivity contribution in [1.29, 1.82) is 5.26 Å². The van der Waals surface area contributed by atoms with Crippen LogP contribution in [-0.4, -0.2) is 15.0 Å². The first-order chi connectivity index (χ1) is 27.9. The van der Waals surface area contributed by atoms with Crippen molar-refractivity contribution in [1.82, 2.24) is 15.0 Å². The molecule has 9 aromatic rings. The first-order valence-corrected chi connectivity index (χ1v) is 20.2. The minimum atomic E-state index is 0.0653. The maximum Gasteiger partial charge on any atom is 0.167 e. The van der Waals surface area contributed by atoms with Crippen LogP contribution in [-0.2, 0) is 5.41 Å². The Morgan fingerprint density at radius 3 is 1.65 bits per heavy atom.